The lowest BCUT2D eigenvalue weighted by molar-refractivity contribution is -0.113. The third kappa shape index (κ3) is 6.05. The molecule has 0 bridgehead atoms. The Morgan fingerprint density at radius 1 is 1.03 bits per heavy atom. The number of nitrogens with zero attached hydrogens (tertiary/aromatic N) is 5. The molecule has 13 heteroatoms. The van der Waals surface area contributed by atoms with E-state index in [1.807, 2.05) is 20.9 Å². The van der Waals surface area contributed by atoms with Gasteiger partial charge in [-0.3, -0.25) is 14.8 Å². The molecule has 0 unspecified atom stereocenters. The molecule has 0 aliphatic rings. The molecule has 1 amide bonds. The van der Waals surface area contributed by atoms with Crippen molar-refractivity contribution in [2.24, 2.45) is 7.05 Å². The van der Waals surface area contributed by atoms with E-state index in [0.29, 0.717) is 21.8 Å². The number of amides is 1. The maximum absolute atomic E-state index is 12.6. The van der Waals surface area contributed by atoms with Crippen LogP contribution in [0.4, 0.5) is 10.8 Å². The first kappa shape index (κ1) is 24.8. The number of carbonyl (C=O) groups excluding carboxylic acids is 1. The molecule has 0 aliphatic carbocycles. The minimum atomic E-state index is -3.68. The van der Waals surface area contributed by atoms with Crippen LogP contribution in [0.2, 0.25) is 0 Å². The number of sulfonamides is 1. The fourth-order valence-corrected chi connectivity index (χ4v) is 5.51. The molecule has 2 aromatic carbocycles. The summed E-state index contributed by atoms with van der Waals surface area (Å²) in [5.41, 5.74) is 2.18. The van der Waals surface area contributed by atoms with E-state index in [0.717, 1.165) is 22.6 Å². The quantitative estimate of drug-likeness (QED) is 0.314. The highest BCUT2D eigenvalue weighted by molar-refractivity contribution is 7.99. The molecule has 10 nitrogen and oxygen atoms in total. The van der Waals surface area contributed by atoms with Crippen LogP contribution >= 0.6 is 23.1 Å². The van der Waals surface area contributed by atoms with Gasteiger partial charge in [-0.05, 0) is 49.7 Å². The maximum Gasteiger partial charge on any atom is 0.261 e. The molecule has 2 N–H and O–H groups in total. The molecule has 0 saturated heterocycles. The number of aromatic nitrogens is 5. The van der Waals surface area contributed by atoms with Crippen molar-refractivity contribution in [1.29, 1.82) is 0 Å². The van der Waals surface area contributed by atoms with Gasteiger partial charge in [-0.2, -0.15) is 0 Å². The number of benzene rings is 2. The van der Waals surface area contributed by atoms with Gasteiger partial charge in [0.25, 0.3) is 10.0 Å². The number of hydrogen-bond donors (Lipinski definition) is 2. The summed E-state index contributed by atoms with van der Waals surface area (Å²) in [6.07, 6.45) is 0.767. The van der Waals surface area contributed by atoms with Gasteiger partial charge < -0.3 is 4.57 Å². The van der Waals surface area contributed by atoms with E-state index in [2.05, 4.69) is 30.4 Å². The van der Waals surface area contributed by atoms with Crippen LogP contribution in [-0.2, 0) is 28.3 Å². The van der Waals surface area contributed by atoms with Crippen molar-refractivity contribution in [1.82, 2.24) is 25.0 Å². The van der Waals surface area contributed by atoms with Gasteiger partial charge in [0, 0.05) is 18.3 Å². The van der Waals surface area contributed by atoms with Crippen molar-refractivity contribution in [2.45, 2.75) is 30.3 Å². The number of carbonyl (C=O) groups is 1. The van der Waals surface area contributed by atoms with E-state index >= 15 is 0 Å². The van der Waals surface area contributed by atoms with Gasteiger partial charge in [0.15, 0.2) is 11.0 Å². The third-order valence-corrected chi connectivity index (χ3v) is 8.31. The molecule has 4 rings (SSSR count). The number of hydrogen-bond acceptors (Lipinski definition) is 9. The standard InChI is InChI=1S/C22H23N7O3S3/c1-4-19-24-26-21(34-19)23-18(30)13-33-22-27-25-20(29(22)3)15-7-9-16(10-8-15)28-35(31,32)17-11-5-14(2)6-12-17/h5-12,28H,4,13H2,1-3H3,(H,23,26,30). The summed E-state index contributed by atoms with van der Waals surface area (Å²) in [4.78, 5) is 12.4. The highest BCUT2D eigenvalue weighted by atomic mass is 32.2. The first-order valence-electron chi connectivity index (χ1n) is 10.6. The summed E-state index contributed by atoms with van der Waals surface area (Å²) in [6.45, 7) is 3.88. The van der Waals surface area contributed by atoms with Gasteiger partial charge in [0.1, 0.15) is 5.01 Å². The van der Waals surface area contributed by atoms with Gasteiger partial charge in [0.2, 0.25) is 11.0 Å². The van der Waals surface area contributed by atoms with Crippen molar-refractivity contribution in [3.63, 3.8) is 0 Å². The number of anilines is 2. The summed E-state index contributed by atoms with van der Waals surface area (Å²) in [5, 5.41) is 21.0. The molecule has 182 valence electrons. The van der Waals surface area contributed by atoms with Gasteiger partial charge in [-0.1, -0.05) is 47.7 Å². The molecular formula is C22H23N7O3S3. The van der Waals surface area contributed by atoms with Crippen LogP contribution in [0.15, 0.2) is 58.6 Å². The first-order chi connectivity index (χ1) is 16.7. The fraction of sp³-hybridized carbons (Fsp3) is 0.227. The van der Waals surface area contributed by atoms with Crippen LogP contribution in [0.25, 0.3) is 11.4 Å². The van der Waals surface area contributed by atoms with Crippen molar-refractivity contribution in [3.05, 3.63) is 59.1 Å². The maximum atomic E-state index is 12.6. The molecule has 4 aromatic rings. The van der Waals surface area contributed by atoms with E-state index in [-0.39, 0.29) is 16.6 Å². The number of thioether (sulfide) groups is 1. The number of rotatable bonds is 9. The zero-order valence-electron chi connectivity index (χ0n) is 19.2. The van der Waals surface area contributed by atoms with E-state index in [1.54, 1.807) is 53.1 Å². The first-order valence-corrected chi connectivity index (χ1v) is 13.9. The fourth-order valence-electron chi connectivity index (χ4n) is 3.04. The summed E-state index contributed by atoms with van der Waals surface area (Å²) in [7, 11) is -1.87. The average molecular weight is 530 g/mol. The van der Waals surface area contributed by atoms with Crippen molar-refractivity contribution in [2.75, 3.05) is 15.8 Å². The second kappa shape index (κ2) is 10.5. The van der Waals surface area contributed by atoms with Crippen molar-refractivity contribution in [3.8, 4) is 11.4 Å². The molecule has 0 fully saturated rings. The highest BCUT2D eigenvalue weighted by Gasteiger charge is 2.16. The molecule has 0 aliphatic heterocycles. The van der Waals surface area contributed by atoms with E-state index in [1.165, 1.54) is 23.1 Å². The summed E-state index contributed by atoms with van der Waals surface area (Å²) < 4.78 is 29.6. The van der Waals surface area contributed by atoms with Gasteiger partial charge in [-0.25, -0.2) is 8.42 Å². The largest absolute Gasteiger partial charge is 0.305 e. The van der Waals surface area contributed by atoms with E-state index in [4.69, 9.17) is 0 Å². The van der Waals surface area contributed by atoms with Crippen LogP contribution in [0.3, 0.4) is 0 Å². The number of aryl methyl sites for hydroxylation is 2. The van der Waals surface area contributed by atoms with Crippen LogP contribution in [0.5, 0.6) is 0 Å². The normalized spacial score (nSPS) is 11.4. The van der Waals surface area contributed by atoms with Crippen molar-refractivity contribution < 1.29 is 13.2 Å². The van der Waals surface area contributed by atoms with E-state index < -0.39 is 10.0 Å². The average Bonchev–Trinajstić information content (AvgIpc) is 3.44. The lowest BCUT2D eigenvalue weighted by atomic mass is 10.2. The Labute approximate surface area is 211 Å². The lowest BCUT2D eigenvalue weighted by Crippen LogP contribution is -2.14. The Morgan fingerprint density at radius 2 is 1.74 bits per heavy atom. The SMILES string of the molecule is CCc1nnc(NC(=O)CSc2nnc(-c3ccc(NS(=O)(=O)c4ccc(C)cc4)cc3)n2C)s1. The topological polar surface area (TPSA) is 132 Å². The molecule has 0 saturated carbocycles. The predicted octanol–water partition coefficient (Wildman–Crippen LogP) is 3.74. The second-order valence-corrected chi connectivity index (χ2v) is 11.2. The third-order valence-electron chi connectivity index (χ3n) is 4.91. The summed E-state index contributed by atoms with van der Waals surface area (Å²) in [6, 6.07) is 13.5. The van der Waals surface area contributed by atoms with Crippen molar-refractivity contribution >= 4 is 49.8 Å². The van der Waals surface area contributed by atoms with Crippen LogP contribution in [-0.4, -0.2) is 45.0 Å². The number of nitrogens with one attached hydrogen (secondary N) is 2. The summed E-state index contributed by atoms with van der Waals surface area (Å²) >= 11 is 2.61. The zero-order valence-corrected chi connectivity index (χ0v) is 21.7. The molecule has 0 atom stereocenters. The van der Waals surface area contributed by atoms with Gasteiger partial charge in [0.05, 0.1) is 10.6 Å². The Hall–Kier alpha value is -3.29. The van der Waals surface area contributed by atoms with E-state index in [9.17, 15) is 13.2 Å². The van der Waals surface area contributed by atoms with Gasteiger partial charge in [-0.15, -0.1) is 20.4 Å². The Bertz CT molecular complexity index is 1430. The zero-order chi connectivity index (χ0) is 25.0. The van der Waals surface area contributed by atoms with Gasteiger partial charge >= 0.3 is 0 Å². The monoisotopic (exact) mass is 529 g/mol. The Kier molecular flexibility index (Phi) is 7.48. The van der Waals surface area contributed by atoms with Crippen LogP contribution in [0.1, 0.15) is 17.5 Å². The lowest BCUT2D eigenvalue weighted by Gasteiger charge is -2.09. The molecule has 2 heterocycles. The predicted molar refractivity (Wildman–Crippen MR) is 137 cm³/mol. The molecule has 0 spiro atoms. The Balaban J connectivity index is 1.38. The minimum Gasteiger partial charge on any atom is -0.305 e. The molecule has 0 radical (unpaired) electrons. The molecule has 2 aromatic heterocycles. The minimum absolute atomic E-state index is 0.146. The second-order valence-electron chi connectivity index (χ2n) is 7.55. The highest BCUT2D eigenvalue weighted by Crippen LogP contribution is 2.25. The van der Waals surface area contributed by atoms with Crippen LogP contribution in [0, 0.1) is 6.92 Å². The Morgan fingerprint density at radius 3 is 2.40 bits per heavy atom. The molecule has 35 heavy (non-hydrogen) atoms. The smallest absolute Gasteiger partial charge is 0.261 e. The van der Waals surface area contributed by atoms with Crippen LogP contribution < -0.4 is 10.0 Å². The molecular weight excluding hydrogens is 506 g/mol. The summed E-state index contributed by atoms with van der Waals surface area (Å²) in [5.74, 6) is 0.536.